The fourth-order valence-electron chi connectivity index (χ4n) is 2.64. The van der Waals surface area contributed by atoms with Crippen LogP contribution < -0.4 is 10.3 Å². The molecule has 0 atom stereocenters. The number of imidazole rings is 1. The van der Waals surface area contributed by atoms with Crippen LogP contribution in [0.4, 0.5) is 0 Å². The van der Waals surface area contributed by atoms with Gasteiger partial charge in [-0.05, 0) is 30.7 Å². The van der Waals surface area contributed by atoms with E-state index in [-0.39, 0.29) is 5.56 Å². The highest BCUT2D eigenvalue weighted by Crippen LogP contribution is 2.24. The Bertz CT molecular complexity index is 1130. The van der Waals surface area contributed by atoms with Crippen LogP contribution in [0.25, 0.3) is 16.7 Å². The van der Waals surface area contributed by atoms with Gasteiger partial charge in [-0.15, -0.1) is 0 Å². The first-order valence-corrected chi connectivity index (χ1v) is 8.76. The molecule has 3 heterocycles. The number of nitrogens with zero attached hydrogens (tertiary/aromatic N) is 3. The standard InChI is InChI=1S/C18H16N4O2S/c1-11-3-6-16-19-12(7-17(23)22(16)9-11)10-25-18-20-14-5-4-13(24-2)8-15(14)21-18/h3-9H,10H2,1-2H3,(H,20,21). The van der Waals surface area contributed by atoms with Crippen LogP contribution in [0.5, 0.6) is 5.75 Å². The van der Waals surface area contributed by atoms with E-state index >= 15 is 0 Å². The van der Waals surface area contributed by atoms with Crippen molar-refractivity contribution in [2.45, 2.75) is 17.8 Å². The Hall–Kier alpha value is -2.80. The number of aryl methyl sites for hydroxylation is 1. The second-order valence-electron chi connectivity index (χ2n) is 5.73. The van der Waals surface area contributed by atoms with Gasteiger partial charge in [-0.3, -0.25) is 9.20 Å². The van der Waals surface area contributed by atoms with Gasteiger partial charge >= 0.3 is 0 Å². The van der Waals surface area contributed by atoms with Crippen molar-refractivity contribution in [2.75, 3.05) is 7.11 Å². The summed E-state index contributed by atoms with van der Waals surface area (Å²) in [6, 6.07) is 11.1. The van der Waals surface area contributed by atoms with Gasteiger partial charge < -0.3 is 9.72 Å². The average molecular weight is 352 g/mol. The zero-order chi connectivity index (χ0) is 17.4. The van der Waals surface area contributed by atoms with Crippen molar-refractivity contribution in [1.82, 2.24) is 19.4 Å². The van der Waals surface area contributed by atoms with Gasteiger partial charge in [0.2, 0.25) is 0 Å². The van der Waals surface area contributed by atoms with E-state index in [1.807, 2.05) is 37.3 Å². The van der Waals surface area contributed by atoms with E-state index in [4.69, 9.17) is 4.74 Å². The summed E-state index contributed by atoms with van der Waals surface area (Å²) in [5.41, 5.74) is 4.14. The SMILES string of the molecule is COc1ccc2nc(SCc3cc(=O)n4cc(C)ccc4n3)[nH]c2c1. The third kappa shape index (κ3) is 3.10. The molecule has 0 aliphatic carbocycles. The van der Waals surface area contributed by atoms with E-state index in [1.54, 1.807) is 23.8 Å². The number of methoxy groups -OCH3 is 1. The molecule has 0 saturated carbocycles. The average Bonchev–Trinajstić information content (AvgIpc) is 3.02. The molecule has 126 valence electrons. The third-order valence-corrected chi connectivity index (χ3v) is 4.79. The number of ether oxygens (including phenoxy) is 1. The van der Waals surface area contributed by atoms with Gasteiger partial charge in [0, 0.05) is 24.1 Å². The fourth-order valence-corrected chi connectivity index (χ4v) is 3.41. The van der Waals surface area contributed by atoms with Gasteiger partial charge in [-0.2, -0.15) is 0 Å². The molecular weight excluding hydrogens is 336 g/mol. The van der Waals surface area contributed by atoms with E-state index in [0.717, 1.165) is 33.2 Å². The highest BCUT2D eigenvalue weighted by Gasteiger charge is 2.07. The molecule has 0 saturated heterocycles. The molecule has 0 aliphatic heterocycles. The van der Waals surface area contributed by atoms with Crippen LogP contribution in [0.15, 0.2) is 52.5 Å². The van der Waals surface area contributed by atoms with Gasteiger partial charge in [0.1, 0.15) is 11.4 Å². The van der Waals surface area contributed by atoms with E-state index < -0.39 is 0 Å². The molecule has 25 heavy (non-hydrogen) atoms. The van der Waals surface area contributed by atoms with Crippen molar-refractivity contribution in [2.24, 2.45) is 0 Å². The van der Waals surface area contributed by atoms with Crippen LogP contribution in [-0.4, -0.2) is 26.5 Å². The lowest BCUT2D eigenvalue weighted by atomic mass is 10.3. The Morgan fingerprint density at radius 2 is 2.08 bits per heavy atom. The first-order chi connectivity index (χ1) is 12.1. The molecule has 0 unspecified atom stereocenters. The zero-order valence-corrected chi connectivity index (χ0v) is 14.6. The summed E-state index contributed by atoms with van der Waals surface area (Å²) < 4.78 is 6.79. The number of rotatable bonds is 4. The second-order valence-corrected chi connectivity index (χ2v) is 6.70. The quantitative estimate of drug-likeness (QED) is 0.571. The number of hydrogen-bond donors (Lipinski definition) is 1. The number of fused-ring (bicyclic) bond motifs is 2. The molecule has 0 amide bonds. The van der Waals surface area contributed by atoms with Gasteiger partial charge in [-0.25, -0.2) is 9.97 Å². The Balaban J connectivity index is 1.59. The third-order valence-electron chi connectivity index (χ3n) is 3.88. The Kier molecular flexibility index (Phi) is 3.93. The summed E-state index contributed by atoms with van der Waals surface area (Å²) in [7, 11) is 1.64. The fraction of sp³-hybridized carbons (Fsp3) is 0.167. The lowest BCUT2D eigenvalue weighted by Gasteiger charge is -2.04. The van der Waals surface area contributed by atoms with Crippen LogP contribution in [0.1, 0.15) is 11.3 Å². The van der Waals surface area contributed by atoms with E-state index in [0.29, 0.717) is 11.4 Å². The maximum Gasteiger partial charge on any atom is 0.258 e. The molecule has 0 spiro atoms. The molecule has 1 N–H and O–H groups in total. The van der Waals surface area contributed by atoms with Crippen molar-refractivity contribution in [3.8, 4) is 5.75 Å². The van der Waals surface area contributed by atoms with E-state index in [2.05, 4.69) is 15.0 Å². The second kappa shape index (κ2) is 6.25. The summed E-state index contributed by atoms with van der Waals surface area (Å²) in [6.07, 6.45) is 1.80. The number of hydrogen-bond acceptors (Lipinski definition) is 5. The topological polar surface area (TPSA) is 72.3 Å². The molecule has 7 heteroatoms. The molecule has 3 aromatic heterocycles. The van der Waals surface area contributed by atoms with E-state index in [9.17, 15) is 4.79 Å². The molecular formula is C18H16N4O2S. The molecule has 6 nitrogen and oxygen atoms in total. The Morgan fingerprint density at radius 3 is 2.92 bits per heavy atom. The number of aromatic nitrogens is 4. The smallest absolute Gasteiger partial charge is 0.258 e. The number of H-pyrrole nitrogens is 1. The van der Waals surface area contributed by atoms with Gasteiger partial charge in [0.15, 0.2) is 5.16 Å². The molecule has 0 fully saturated rings. The summed E-state index contributed by atoms with van der Waals surface area (Å²) in [6.45, 7) is 1.95. The van der Waals surface area contributed by atoms with Gasteiger partial charge in [-0.1, -0.05) is 17.8 Å². The first-order valence-electron chi connectivity index (χ1n) is 7.78. The maximum absolute atomic E-state index is 12.3. The minimum absolute atomic E-state index is 0.0707. The minimum Gasteiger partial charge on any atom is -0.497 e. The van der Waals surface area contributed by atoms with Crippen LogP contribution in [-0.2, 0) is 5.75 Å². The van der Waals surface area contributed by atoms with Crippen molar-refractivity contribution in [1.29, 1.82) is 0 Å². The predicted octanol–water partition coefficient (Wildman–Crippen LogP) is 3.18. The zero-order valence-electron chi connectivity index (χ0n) is 13.8. The highest BCUT2D eigenvalue weighted by atomic mass is 32.2. The molecule has 0 bridgehead atoms. The van der Waals surface area contributed by atoms with Crippen molar-refractivity contribution < 1.29 is 4.74 Å². The van der Waals surface area contributed by atoms with Crippen LogP contribution in [0.3, 0.4) is 0 Å². The number of nitrogens with one attached hydrogen (secondary N) is 1. The lowest BCUT2D eigenvalue weighted by molar-refractivity contribution is 0.415. The van der Waals surface area contributed by atoms with Crippen molar-refractivity contribution in [3.63, 3.8) is 0 Å². The summed E-state index contributed by atoms with van der Waals surface area (Å²) in [5, 5.41) is 0.786. The molecule has 0 radical (unpaired) electrons. The largest absolute Gasteiger partial charge is 0.497 e. The predicted molar refractivity (Wildman–Crippen MR) is 98.4 cm³/mol. The highest BCUT2D eigenvalue weighted by molar-refractivity contribution is 7.98. The molecule has 4 rings (SSSR count). The number of thioether (sulfide) groups is 1. The maximum atomic E-state index is 12.3. The Labute approximate surface area is 147 Å². The van der Waals surface area contributed by atoms with Crippen LogP contribution >= 0.6 is 11.8 Å². The number of aromatic amines is 1. The lowest BCUT2D eigenvalue weighted by Crippen LogP contribution is -2.15. The molecule has 1 aromatic carbocycles. The van der Waals surface area contributed by atoms with Gasteiger partial charge in [0.05, 0.1) is 23.8 Å². The Morgan fingerprint density at radius 1 is 1.20 bits per heavy atom. The van der Waals surface area contributed by atoms with Crippen molar-refractivity contribution >= 4 is 28.4 Å². The summed E-state index contributed by atoms with van der Waals surface area (Å²) >= 11 is 1.51. The van der Waals surface area contributed by atoms with Crippen molar-refractivity contribution in [3.05, 3.63) is 64.2 Å². The van der Waals surface area contributed by atoms with Crippen LogP contribution in [0, 0.1) is 6.92 Å². The van der Waals surface area contributed by atoms with E-state index in [1.165, 1.54) is 11.8 Å². The monoisotopic (exact) mass is 352 g/mol. The first kappa shape index (κ1) is 15.7. The van der Waals surface area contributed by atoms with Crippen LogP contribution in [0.2, 0.25) is 0 Å². The molecule has 0 aliphatic rings. The number of benzene rings is 1. The molecule has 4 aromatic rings. The number of pyridine rings is 1. The minimum atomic E-state index is -0.0707. The normalized spacial score (nSPS) is 11.3. The summed E-state index contributed by atoms with van der Waals surface area (Å²) in [4.78, 5) is 24.6. The van der Waals surface area contributed by atoms with Gasteiger partial charge in [0.25, 0.3) is 5.56 Å². The summed E-state index contributed by atoms with van der Waals surface area (Å²) in [5.74, 6) is 1.35.